The van der Waals surface area contributed by atoms with E-state index in [-0.39, 0.29) is 11.8 Å². The van der Waals surface area contributed by atoms with Crippen LogP contribution in [0.15, 0.2) is 29.2 Å². The Morgan fingerprint density at radius 2 is 2.13 bits per heavy atom. The molecular weight excluding hydrogens is 206 g/mol. The van der Waals surface area contributed by atoms with Crippen molar-refractivity contribution in [1.29, 1.82) is 0 Å². The molecule has 2 rings (SSSR count). The summed E-state index contributed by atoms with van der Waals surface area (Å²) in [6.45, 7) is 2.12. The van der Waals surface area contributed by atoms with Gasteiger partial charge in [-0.15, -0.1) is 11.8 Å². The van der Waals surface area contributed by atoms with Crippen molar-refractivity contribution in [2.75, 3.05) is 11.6 Å². The monoisotopic (exact) mass is 221 g/mol. The zero-order valence-electron chi connectivity index (χ0n) is 8.99. The van der Waals surface area contributed by atoms with Crippen LogP contribution in [0.5, 0.6) is 0 Å². The predicted octanol–water partition coefficient (Wildman–Crippen LogP) is 3.00. The third-order valence-corrected chi connectivity index (χ3v) is 3.61. The number of rotatable bonds is 3. The molecule has 1 saturated carbocycles. The Labute approximate surface area is 94.4 Å². The lowest BCUT2D eigenvalue weighted by molar-refractivity contribution is -0.117. The van der Waals surface area contributed by atoms with Crippen molar-refractivity contribution < 1.29 is 4.79 Å². The van der Waals surface area contributed by atoms with Crippen LogP contribution in [0.2, 0.25) is 0 Å². The minimum Gasteiger partial charge on any atom is -0.325 e. The van der Waals surface area contributed by atoms with E-state index in [1.165, 1.54) is 0 Å². The normalized spacial score (nSPS) is 23.6. The molecule has 15 heavy (non-hydrogen) atoms. The van der Waals surface area contributed by atoms with Crippen LogP contribution >= 0.6 is 11.8 Å². The van der Waals surface area contributed by atoms with Crippen molar-refractivity contribution in [2.24, 2.45) is 11.8 Å². The number of hydrogen-bond donors (Lipinski definition) is 1. The Kier molecular flexibility index (Phi) is 3.00. The second kappa shape index (κ2) is 4.27. The van der Waals surface area contributed by atoms with Gasteiger partial charge >= 0.3 is 0 Å². The van der Waals surface area contributed by atoms with Crippen LogP contribution in [0, 0.1) is 11.8 Å². The summed E-state index contributed by atoms with van der Waals surface area (Å²) in [7, 11) is 0. The van der Waals surface area contributed by atoms with Gasteiger partial charge in [0.1, 0.15) is 0 Å². The fraction of sp³-hybridized carbons (Fsp3) is 0.417. The van der Waals surface area contributed by atoms with E-state index in [0.29, 0.717) is 5.92 Å². The summed E-state index contributed by atoms with van der Waals surface area (Å²) in [5.41, 5.74) is 0.939. The SMILES string of the molecule is CSc1ccccc1NC(=O)[C@@H]1C[C@H]1C. The van der Waals surface area contributed by atoms with Crippen LogP contribution < -0.4 is 5.32 Å². The topological polar surface area (TPSA) is 29.1 Å². The lowest BCUT2D eigenvalue weighted by atomic mass is 10.3. The largest absolute Gasteiger partial charge is 0.325 e. The molecule has 0 aromatic heterocycles. The van der Waals surface area contributed by atoms with E-state index in [4.69, 9.17) is 0 Å². The van der Waals surface area contributed by atoms with Crippen molar-refractivity contribution in [1.82, 2.24) is 0 Å². The van der Waals surface area contributed by atoms with Crippen molar-refractivity contribution in [3.63, 3.8) is 0 Å². The Hall–Kier alpha value is -0.960. The molecule has 0 bridgehead atoms. The van der Waals surface area contributed by atoms with Gasteiger partial charge in [-0.25, -0.2) is 0 Å². The lowest BCUT2D eigenvalue weighted by Gasteiger charge is -2.08. The van der Waals surface area contributed by atoms with Crippen molar-refractivity contribution >= 4 is 23.4 Å². The van der Waals surface area contributed by atoms with Gasteiger partial charge < -0.3 is 5.32 Å². The van der Waals surface area contributed by atoms with Crippen LogP contribution in [0.25, 0.3) is 0 Å². The highest BCUT2D eigenvalue weighted by molar-refractivity contribution is 7.98. The molecule has 1 aromatic carbocycles. The Morgan fingerprint density at radius 3 is 2.73 bits per heavy atom. The molecule has 1 amide bonds. The number of hydrogen-bond acceptors (Lipinski definition) is 2. The van der Waals surface area contributed by atoms with Crippen LogP contribution in [-0.2, 0) is 4.79 Å². The number of amides is 1. The summed E-state index contributed by atoms with van der Waals surface area (Å²) in [4.78, 5) is 12.9. The molecule has 3 heteroatoms. The second-order valence-corrected chi connectivity index (χ2v) is 4.86. The summed E-state index contributed by atoms with van der Waals surface area (Å²) < 4.78 is 0. The Balaban J connectivity index is 2.06. The van der Waals surface area contributed by atoms with Gasteiger partial charge in [-0.3, -0.25) is 4.79 Å². The summed E-state index contributed by atoms with van der Waals surface area (Å²) >= 11 is 1.66. The highest BCUT2D eigenvalue weighted by Gasteiger charge is 2.39. The number of carbonyl (C=O) groups is 1. The smallest absolute Gasteiger partial charge is 0.227 e. The first-order valence-corrected chi connectivity index (χ1v) is 6.38. The van der Waals surface area contributed by atoms with Crippen LogP contribution in [-0.4, -0.2) is 12.2 Å². The quantitative estimate of drug-likeness (QED) is 0.795. The molecule has 0 unspecified atom stereocenters. The van der Waals surface area contributed by atoms with E-state index in [1.54, 1.807) is 11.8 Å². The molecule has 1 aliphatic rings. The van der Waals surface area contributed by atoms with E-state index in [0.717, 1.165) is 17.0 Å². The van der Waals surface area contributed by atoms with E-state index in [9.17, 15) is 4.79 Å². The third kappa shape index (κ3) is 2.34. The maximum Gasteiger partial charge on any atom is 0.227 e. The Morgan fingerprint density at radius 1 is 1.47 bits per heavy atom. The molecule has 1 N–H and O–H groups in total. The fourth-order valence-corrected chi connectivity index (χ4v) is 2.21. The minimum absolute atomic E-state index is 0.170. The van der Waals surface area contributed by atoms with Crippen LogP contribution in [0.3, 0.4) is 0 Å². The summed E-state index contributed by atoms with van der Waals surface area (Å²) in [6.07, 6.45) is 3.05. The number of para-hydroxylation sites is 1. The van der Waals surface area contributed by atoms with Crippen LogP contribution in [0.4, 0.5) is 5.69 Å². The molecule has 0 radical (unpaired) electrons. The molecule has 0 heterocycles. The summed E-state index contributed by atoms with van der Waals surface area (Å²) in [5.74, 6) is 0.968. The first-order chi connectivity index (χ1) is 7.22. The van der Waals surface area contributed by atoms with Crippen molar-refractivity contribution in [2.45, 2.75) is 18.2 Å². The van der Waals surface area contributed by atoms with Gasteiger partial charge in [0, 0.05) is 10.8 Å². The molecule has 0 aliphatic heterocycles. The highest BCUT2D eigenvalue weighted by atomic mass is 32.2. The fourth-order valence-electron chi connectivity index (χ4n) is 1.66. The maximum atomic E-state index is 11.7. The molecular formula is C12H15NOS. The van der Waals surface area contributed by atoms with E-state index in [1.807, 2.05) is 30.5 Å². The van der Waals surface area contributed by atoms with Gasteiger partial charge in [0.25, 0.3) is 0 Å². The number of anilines is 1. The second-order valence-electron chi connectivity index (χ2n) is 4.01. The number of nitrogens with one attached hydrogen (secondary N) is 1. The Bertz CT molecular complexity index is 378. The van der Waals surface area contributed by atoms with Crippen molar-refractivity contribution in [3.8, 4) is 0 Å². The molecule has 1 fully saturated rings. The van der Waals surface area contributed by atoms with Gasteiger partial charge in [-0.1, -0.05) is 19.1 Å². The molecule has 1 aromatic rings. The average Bonchev–Trinajstić information content (AvgIpc) is 2.96. The van der Waals surface area contributed by atoms with E-state index < -0.39 is 0 Å². The van der Waals surface area contributed by atoms with Gasteiger partial charge in [0.05, 0.1) is 5.69 Å². The highest BCUT2D eigenvalue weighted by Crippen LogP contribution is 2.39. The zero-order chi connectivity index (χ0) is 10.8. The molecule has 0 spiro atoms. The average molecular weight is 221 g/mol. The minimum atomic E-state index is 0.170. The molecule has 2 atom stereocenters. The predicted molar refractivity (Wildman–Crippen MR) is 64.1 cm³/mol. The van der Waals surface area contributed by atoms with Gasteiger partial charge in [0.15, 0.2) is 0 Å². The van der Waals surface area contributed by atoms with E-state index >= 15 is 0 Å². The lowest BCUT2D eigenvalue weighted by Crippen LogP contribution is -2.14. The molecule has 2 nitrogen and oxygen atoms in total. The first-order valence-electron chi connectivity index (χ1n) is 5.16. The third-order valence-electron chi connectivity index (χ3n) is 2.81. The molecule has 1 aliphatic carbocycles. The summed E-state index contributed by atoms with van der Waals surface area (Å²) in [6, 6.07) is 7.92. The summed E-state index contributed by atoms with van der Waals surface area (Å²) in [5, 5.41) is 2.99. The molecule has 80 valence electrons. The van der Waals surface area contributed by atoms with Gasteiger partial charge in [0.2, 0.25) is 5.91 Å². The zero-order valence-corrected chi connectivity index (χ0v) is 9.80. The number of benzene rings is 1. The van der Waals surface area contributed by atoms with E-state index in [2.05, 4.69) is 12.2 Å². The maximum absolute atomic E-state index is 11.7. The number of thioether (sulfide) groups is 1. The standard InChI is InChI=1S/C12H15NOS/c1-8-7-9(8)12(14)13-10-5-3-4-6-11(10)15-2/h3-6,8-9H,7H2,1-2H3,(H,13,14)/t8-,9-/m1/s1. The number of carbonyl (C=O) groups excluding carboxylic acids is 1. The van der Waals surface area contributed by atoms with Gasteiger partial charge in [-0.05, 0) is 30.7 Å². The molecule has 0 saturated heterocycles. The first kappa shape index (κ1) is 10.6. The van der Waals surface area contributed by atoms with Crippen LogP contribution in [0.1, 0.15) is 13.3 Å². The van der Waals surface area contributed by atoms with Gasteiger partial charge in [-0.2, -0.15) is 0 Å². The van der Waals surface area contributed by atoms with Crippen molar-refractivity contribution in [3.05, 3.63) is 24.3 Å².